The Morgan fingerprint density at radius 1 is 0.400 bits per heavy atom. The molecule has 0 N–H and O–H groups in total. The van der Waals surface area contributed by atoms with Crippen LogP contribution in [0.5, 0.6) is 0 Å². The number of alkyl halides is 9. The number of hydrogen-bond acceptors (Lipinski definition) is 0. The summed E-state index contributed by atoms with van der Waals surface area (Å²) in [5.41, 5.74) is 7.45. The van der Waals surface area contributed by atoms with Crippen LogP contribution in [0.1, 0.15) is 27.8 Å². The first-order chi connectivity index (χ1) is 28.1. The van der Waals surface area contributed by atoms with E-state index < -0.39 is 50.0 Å². The highest BCUT2D eigenvalue weighted by Gasteiger charge is 2.48. The fraction of sp³-hybridized carbons (Fsp3) is 0.167. The van der Waals surface area contributed by atoms with Crippen molar-refractivity contribution in [1.82, 2.24) is 0 Å². The maximum absolute atomic E-state index is 14.9. The molecule has 12 heteroatoms. The van der Waals surface area contributed by atoms with Crippen molar-refractivity contribution >= 4 is 91.8 Å². The molecule has 4 aliphatic rings. The topological polar surface area (TPSA) is 0 Å². The first-order valence-electron chi connectivity index (χ1n) is 19.8. The summed E-state index contributed by atoms with van der Waals surface area (Å²) in [4.78, 5) is 0. The largest absolute Gasteiger partial charge is 0.416 e. The van der Waals surface area contributed by atoms with E-state index in [1.54, 1.807) is 0 Å². The Bertz CT molecular complexity index is 3350. The normalized spacial score (nSPS) is 14.8. The fourth-order valence-electron chi connectivity index (χ4n) is 11.4. The summed E-state index contributed by atoms with van der Waals surface area (Å²) in [6.07, 6.45) is -14.1. The van der Waals surface area contributed by atoms with Crippen LogP contribution in [-0.2, 0) is 18.5 Å². The van der Waals surface area contributed by atoms with E-state index in [0.717, 1.165) is 100 Å². The SMILES string of the molecule is Cc1ccc2c(c1)-c1cc(C(F)(F)F)cc3c1B2c1cc2c(C)cc4c5c(cc6c([Si](C)(C)C)cc-3c1c6c25)B1c2ccc(C(F)(F)F)cc2-c2cc(C(F)(F)F)cc-4c21. The molecule has 60 heavy (non-hydrogen) atoms. The molecular weight excluding hydrogens is 797 g/mol. The van der Waals surface area contributed by atoms with Crippen LogP contribution < -0.4 is 38.0 Å². The van der Waals surface area contributed by atoms with Gasteiger partial charge in [0.25, 0.3) is 0 Å². The molecular formula is C48H29B2F9Si. The molecule has 4 heterocycles. The van der Waals surface area contributed by atoms with Crippen molar-refractivity contribution in [3.63, 3.8) is 0 Å². The Hall–Kier alpha value is -5.48. The highest BCUT2D eigenvalue weighted by molar-refractivity contribution is 7.03. The molecule has 8 aromatic rings. The van der Waals surface area contributed by atoms with Crippen LogP contribution in [0.4, 0.5) is 39.5 Å². The maximum atomic E-state index is 14.9. The van der Waals surface area contributed by atoms with E-state index in [-0.39, 0.29) is 17.8 Å². The summed E-state index contributed by atoms with van der Waals surface area (Å²) in [5, 5.41) is 6.07. The number of fused-ring (bicyclic) bond motifs is 10. The second kappa shape index (κ2) is 10.9. The Morgan fingerprint density at radius 2 is 0.833 bits per heavy atom. The molecule has 8 aromatic carbocycles. The molecule has 0 nitrogen and oxygen atoms in total. The molecule has 0 saturated heterocycles. The van der Waals surface area contributed by atoms with Crippen LogP contribution in [0.25, 0.3) is 76.8 Å². The van der Waals surface area contributed by atoms with E-state index in [9.17, 15) is 39.5 Å². The molecule has 0 atom stereocenters. The monoisotopic (exact) mass is 826 g/mol. The Labute approximate surface area is 339 Å². The summed E-state index contributed by atoms with van der Waals surface area (Å²) in [5.74, 6) is 0. The highest BCUT2D eigenvalue weighted by Crippen LogP contribution is 2.49. The molecule has 0 aromatic heterocycles. The molecule has 0 fully saturated rings. The quantitative estimate of drug-likeness (QED) is 0.0879. The molecule has 0 aliphatic carbocycles. The molecule has 0 radical (unpaired) electrons. The summed E-state index contributed by atoms with van der Waals surface area (Å²) in [6, 6.07) is 22.3. The second-order valence-corrected chi connectivity index (χ2v) is 23.3. The van der Waals surface area contributed by atoms with Gasteiger partial charge in [-0.25, -0.2) is 0 Å². The van der Waals surface area contributed by atoms with Gasteiger partial charge in [-0.15, -0.1) is 0 Å². The average molecular weight is 826 g/mol. The predicted molar refractivity (Wildman–Crippen MR) is 229 cm³/mol. The standard InChI is InChI=1S/C48H29B2F9Si/c1-20-6-8-35-26(10-20)30-13-23(47(54,55)56)16-33-29-19-39(60(3,4)5)34-18-38-40-28(11-21(2)25-17-37(49(35)44(30)33)41(29)43(34)42(25)40)32-15-24(48(57,58)59)14-31-27-12-22(46(51,52)53)7-9-36(27)50(38)45(31)32/h6-19H,1-5H3. The van der Waals surface area contributed by atoms with Crippen molar-refractivity contribution in [1.29, 1.82) is 0 Å². The van der Waals surface area contributed by atoms with Crippen LogP contribution in [0.2, 0.25) is 19.6 Å². The zero-order valence-electron chi connectivity index (χ0n) is 32.6. The van der Waals surface area contributed by atoms with E-state index in [4.69, 9.17) is 0 Å². The Balaban J connectivity index is 1.29. The van der Waals surface area contributed by atoms with Gasteiger partial charge >= 0.3 is 18.5 Å². The van der Waals surface area contributed by atoms with Gasteiger partial charge in [-0.3, -0.25) is 0 Å². The summed E-state index contributed by atoms with van der Waals surface area (Å²) in [6.45, 7) is 9.40. The van der Waals surface area contributed by atoms with Crippen molar-refractivity contribution in [3.05, 3.63) is 113 Å². The van der Waals surface area contributed by atoms with Gasteiger partial charge in [0.15, 0.2) is 0 Å². The van der Waals surface area contributed by atoms with Gasteiger partial charge < -0.3 is 0 Å². The lowest BCUT2D eigenvalue weighted by Crippen LogP contribution is -2.53. The molecule has 0 amide bonds. The summed E-state index contributed by atoms with van der Waals surface area (Å²) >= 11 is 0. The van der Waals surface area contributed by atoms with Crippen LogP contribution in [-0.4, -0.2) is 21.5 Å². The molecule has 0 spiro atoms. The number of rotatable bonds is 1. The van der Waals surface area contributed by atoms with Gasteiger partial charge in [-0.2, -0.15) is 39.5 Å². The molecule has 294 valence electrons. The Kier molecular flexibility index (Phi) is 6.59. The van der Waals surface area contributed by atoms with Crippen LogP contribution in [0.3, 0.4) is 0 Å². The Morgan fingerprint density at radius 3 is 1.35 bits per heavy atom. The van der Waals surface area contributed by atoms with E-state index in [0.29, 0.717) is 38.7 Å². The molecule has 0 saturated carbocycles. The van der Waals surface area contributed by atoms with Crippen molar-refractivity contribution in [3.8, 4) is 44.5 Å². The van der Waals surface area contributed by atoms with Gasteiger partial charge in [0.2, 0.25) is 13.4 Å². The first-order valence-corrected chi connectivity index (χ1v) is 23.3. The number of aryl methyl sites for hydroxylation is 2. The number of halogens is 9. The van der Waals surface area contributed by atoms with Crippen LogP contribution in [0.15, 0.2) is 84.9 Å². The van der Waals surface area contributed by atoms with Crippen LogP contribution in [0, 0.1) is 13.8 Å². The van der Waals surface area contributed by atoms with Gasteiger partial charge in [-0.1, -0.05) is 118 Å². The third-order valence-corrected chi connectivity index (χ3v) is 15.8. The minimum atomic E-state index is -4.78. The third kappa shape index (κ3) is 4.47. The lowest BCUT2D eigenvalue weighted by Gasteiger charge is -2.34. The third-order valence-electron chi connectivity index (χ3n) is 13.8. The molecule has 4 aliphatic heterocycles. The van der Waals surface area contributed by atoms with Crippen molar-refractivity contribution in [2.45, 2.75) is 52.0 Å². The molecule has 12 rings (SSSR count). The van der Waals surface area contributed by atoms with E-state index in [1.165, 1.54) is 18.2 Å². The second-order valence-electron chi connectivity index (χ2n) is 18.2. The molecule has 0 unspecified atom stereocenters. The fourth-order valence-corrected chi connectivity index (χ4v) is 13.0. The van der Waals surface area contributed by atoms with E-state index >= 15 is 0 Å². The van der Waals surface area contributed by atoms with Gasteiger partial charge in [-0.05, 0) is 127 Å². The van der Waals surface area contributed by atoms with E-state index in [1.807, 2.05) is 38.1 Å². The zero-order chi connectivity index (χ0) is 42.1. The number of hydrogen-bond donors (Lipinski definition) is 0. The number of benzene rings is 8. The minimum absolute atomic E-state index is 0.128. The van der Waals surface area contributed by atoms with Crippen molar-refractivity contribution in [2.24, 2.45) is 0 Å². The predicted octanol–water partition coefficient (Wildman–Crippen LogP) is 9.76. The molecule has 0 bridgehead atoms. The van der Waals surface area contributed by atoms with Crippen molar-refractivity contribution in [2.75, 3.05) is 0 Å². The first kappa shape index (κ1) is 36.4. The van der Waals surface area contributed by atoms with Gasteiger partial charge in [0.05, 0.1) is 24.8 Å². The van der Waals surface area contributed by atoms with Gasteiger partial charge in [0.1, 0.15) is 0 Å². The van der Waals surface area contributed by atoms with Crippen LogP contribution >= 0.6 is 0 Å². The van der Waals surface area contributed by atoms with E-state index in [2.05, 4.69) is 37.8 Å². The lowest BCUT2D eigenvalue weighted by atomic mass is 9.34. The summed E-state index contributed by atoms with van der Waals surface area (Å²) in [7, 11) is -2.36. The summed E-state index contributed by atoms with van der Waals surface area (Å²) < 4.78 is 132. The maximum Gasteiger partial charge on any atom is 0.416 e. The van der Waals surface area contributed by atoms with Crippen molar-refractivity contribution < 1.29 is 39.5 Å². The smallest absolute Gasteiger partial charge is 0.166 e. The lowest BCUT2D eigenvalue weighted by molar-refractivity contribution is -0.138. The highest BCUT2D eigenvalue weighted by atomic mass is 28.3. The van der Waals surface area contributed by atoms with Gasteiger partial charge in [0, 0.05) is 0 Å². The zero-order valence-corrected chi connectivity index (χ0v) is 33.6. The average Bonchev–Trinajstić information content (AvgIpc) is 3.67. The minimum Gasteiger partial charge on any atom is -0.166 e.